The van der Waals surface area contributed by atoms with Crippen molar-refractivity contribution in [2.45, 2.75) is 205 Å². The SMILES string of the molecule is COc1ccc2nc3c(nc2c1)O[C@H]1CN(C(=O)[C@H](C2(C)CCOCC2)CC(=O)O[C@@H]2CC4CC4[C@H]2CCCCC3)[C@H]([C-]=O)[C@@H]1C.COc1ccc2nc3c(nc2c1)O[C@H]1CN(C(=O)[C@H](C2(C)CCOCC2)CC(=O)O[C@]2(C)CCC[C@H]2CCCCC3)[C@H]([C-]=O)[C@@H]1C.[V].[V]. The Labute approximate surface area is 577 Å². The molecule has 508 valence electrons. The fourth-order valence-corrected chi connectivity index (χ4v) is 16.9. The molecule has 2 aromatic carbocycles. The van der Waals surface area contributed by atoms with Crippen LogP contribution >= 0.6 is 0 Å². The zero-order valence-corrected chi connectivity index (χ0v) is 58.6. The summed E-state index contributed by atoms with van der Waals surface area (Å²) in [5, 5.41) is 0. The standard InChI is InChI=1S/C36H46N3O7.C36H48N3O7.2V/c1-21-30(20-40)39-19-32(21)46-34-28(37-27-10-9-23(43-3)17-29(27)38-34)8-6-4-5-7-24-25-15-22(25)16-31(24)45-33(41)18-26(35(39)42)36(2)11-13-44-14-12-36;1-23-30(22-40)39-21-31(23)45-33-28(37-27-13-12-25(43-4)19-29(27)38-33)11-7-5-6-9-24-10-8-14-36(24,3)46-32(41)20-26(34(39)42)35(2)15-17-44-18-16-35;;/h9-10,17,21-22,24-26,30-32H,4-8,11-16,18-19H2,1-3H3;12-13,19,23-24,26,30-31H,5-11,14-18,20-21H2,1-4H3;;/q2*-1;;/t21-,22?,24+,25?,26+,30+,31+,32-;23-,24+,26+,30+,31-,36+;;/m00../s1. The first-order valence-electron chi connectivity index (χ1n) is 34.4. The normalized spacial score (nSPS) is 32.9. The number of carbonyl (C=O) groups is 4. The Morgan fingerprint density at radius 1 is 0.532 bits per heavy atom. The van der Waals surface area contributed by atoms with E-state index >= 15 is 0 Å². The van der Waals surface area contributed by atoms with Crippen LogP contribution in [0.25, 0.3) is 22.1 Å². The van der Waals surface area contributed by atoms with Gasteiger partial charge in [0.05, 0.1) is 74.1 Å². The number of carbonyl (C=O) groups excluding carboxylic acids is 6. The molecule has 2 aromatic heterocycles. The Bertz CT molecular complexity index is 3260. The number of amides is 2. The molecule has 4 aromatic rings. The molecule has 13 rings (SSSR count). The molecule has 0 N–H and O–H groups in total. The van der Waals surface area contributed by atoms with Crippen LogP contribution in [-0.4, -0.2) is 156 Å². The van der Waals surface area contributed by atoms with Crippen molar-refractivity contribution in [1.82, 2.24) is 29.7 Å². The van der Waals surface area contributed by atoms with Gasteiger partial charge >= 0.3 is 11.9 Å². The average Bonchev–Trinajstić information content (AvgIpc) is 1.59. The van der Waals surface area contributed by atoms with E-state index in [2.05, 4.69) is 33.3 Å². The van der Waals surface area contributed by atoms with Crippen molar-refractivity contribution in [2.75, 3.05) is 53.7 Å². The van der Waals surface area contributed by atoms with Gasteiger partial charge in [-0.05, 0) is 174 Å². The van der Waals surface area contributed by atoms with Gasteiger partial charge in [-0.3, -0.25) is 19.2 Å². The van der Waals surface area contributed by atoms with Crippen LogP contribution in [0.2, 0.25) is 0 Å². The number of nitrogens with zero attached hydrogens (tertiary/aromatic N) is 6. The molecular formula is C72H94N6O14V2-2. The minimum Gasteiger partial charge on any atom is -0.540 e. The second kappa shape index (κ2) is 30.6. The molecule has 2 unspecified atom stereocenters. The van der Waals surface area contributed by atoms with Crippen molar-refractivity contribution in [3.63, 3.8) is 0 Å². The summed E-state index contributed by atoms with van der Waals surface area (Å²) in [6.07, 6.45) is 20.2. The number of fused-ring (bicyclic) bond motifs is 12. The summed E-state index contributed by atoms with van der Waals surface area (Å²) in [5.41, 5.74) is 2.93. The van der Waals surface area contributed by atoms with E-state index in [1.165, 1.54) is 6.42 Å². The number of aromatic nitrogens is 4. The monoisotopic (exact) mass is 1370 g/mol. The van der Waals surface area contributed by atoms with Gasteiger partial charge in [-0.2, -0.15) is 0 Å². The summed E-state index contributed by atoms with van der Waals surface area (Å²) in [4.78, 5) is 104. The number of ether oxygens (including phenoxy) is 8. The molecule has 3 aliphatic carbocycles. The van der Waals surface area contributed by atoms with Crippen LogP contribution in [0.15, 0.2) is 36.4 Å². The third-order valence-electron chi connectivity index (χ3n) is 23.2. The van der Waals surface area contributed by atoms with Crippen LogP contribution in [0, 0.1) is 58.2 Å². The first-order valence-corrected chi connectivity index (χ1v) is 34.4. The van der Waals surface area contributed by atoms with E-state index in [0.29, 0.717) is 117 Å². The number of methoxy groups -OCH3 is 2. The maximum atomic E-state index is 14.6. The molecule has 3 saturated carbocycles. The molecule has 0 spiro atoms. The molecule has 7 fully saturated rings. The number of aryl methyl sites for hydroxylation is 2. The van der Waals surface area contributed by atoms with E-state index in [0.717, 1.165) is 99.5 Å². The summed E-state index contributed by atoms with van der Waals surface area (Å²) in [6, 6.07) is 9.64. The Kier molecular flexibility index (Phi) is 23.2. The van der Waals surface area contributed by atoms with Crippen molar-refractivity contribution < 1.29 is 104 Å². The molecule has 4 saturated heterocycles. The molecule has 94 heavy (non-hydrogen) atoms. The van der Waals surface area contributed by atoms with Crippen LogP contribution in [0.5, 0.6) is 23.3 Å². The van der Waals surface area contributed by atoms with Gasteiger partial charge < -0.3 is 57.3 Å². The third-order valence-corrected chi connectivity index (χ3v) is 23.2. The molecule has 8 heterocycles. The topological polar surface area (TPSA) is 234 Å². The molecule has 2 amide bonds. The van der Waals surface area contributed by atoms with Crippen LogP contribution < -0.4 is 18.9 Å². The molecule has 20 nitrogen and oxygen atoms in total. The largest absolute Gasteiger partial charge is 0.540 e. The Morgan fingerprint density at radius 2 is 1.01 bits per heavy atom. The molecule has 14 atom stereocenters. The zero-order chi connectivity index (χ0) is 64.5. The van der Waals surface area contributed by atoms with E-state index < -0.39 is 52.6 Å². The zero-order valence-electron chi connectivity index (χ0n) is 55.9. The van der Waals surface area contributed by atoms with Gasteiger partial charge in [0, 0.05) is 75.7 Å². The van der Waals surface area contributed by atoms with Gasteiger partial charge in [0.2, 0.25) is 23.6 Å². The summed E-state index contributed by atoms with van der Waals surface area (Å²) in [7, 11) is 3.23. The second-order valence-electron chi connectivity index (χ2n) is 29.0. The maximum absolute atomic E-state index is 14.6. The molecular weight excluding hydrogens is 1270 g/mol. The number of hydrogen-bond donors (Lipinski definition) is 0. The van der Waals surface area contributed by atoms with Crippen molar-refractivity contribution >= 4 is 58.4 Å². The Hall–Kier alpha value is -5.37. The van der Waals surface area contributed by atoms with Gasteiger partial charge in [0.1, 0.15) is 46.8 Å². The predicted octanol–water partition coefficient (Wildman–Crippen LogP) is 10.2. The van der Waals surface area contributed by atoms with Crippen LogP contribution in [0.3, 0.4) is 0 Å². The van der Waals surface area contributed by atoms with Gasteiger partial charge in [-0.1, -0.05) is 65.5 Å². The molecule has 4 bridgehead atoms. The first kappa shape index (κ1) is 71.4. The molecule has 2 radical (unpaired) electrons. The summed E-state index contributed by atoms with van der Waals surface area (Å²) in [6.45, 7) is 12.5. The van der Waals surface area contributed by atoms with Gasteiger partial charge in [-0.25, -0.2) is 32.5 Å². The Morgan fingerprint density at radius 3 is 1.50 bits per heavy atom. The second-order valence-corrected chi connectivity index (χ2v) is 29.0. The van der Waals surface area contributed by atoms with Crippen LogP contribution in [-0.2, 0) is 97.7 Å². The fraction of sp³-hybridized carbons (Fsp3) is 0.694. The first-order chi connectivity index (χ1) is 44.4. The van der Waals surface area contributed by atoms with E-state index in [-0.39, 0.29) is 111 Å². The molecule has 9 aliphatic rings. The van der Waals surface area contributed by atoms with E-state index in [1.54, 1.807) is 24.0 Å². The van der Waals surface area contributed by atoms with Crippen molar-refractivity contribution in [1.29, 1.82) is 0 Å². The number of esters is 2. The third kappa shape index (κ3) is 15.2. The summed E-state index contributed by atoms with van der Waals surface area (Å²) in [5.74, 6) is 1.13. The number of rotatable bonds is 6. The number of hydrogen-bond acceptors (Lipinski definition) is 18. The average molecular weight is 1370 g/mol. The Balaban J connectivity index is 0.000000201. The van der Waals surface area contributed by atoms with E-state index in [9.17, 15) is 28.8 Å². The quantitative estimate of drug-likeness (QED) is 0.129. The maximum Gasteiger partial charge on any atom is 0.307 e. The minimum atomic E-state index is -0.810. The smallest absolute Gasteiger partial charge is 0.307 e. The van der Waals surface area contributed by atoms with Gasteiger partial charge in [-0.15, -0.1) is 0 Å². The van der Waals surface area contributed by atoms with Gasteiger partial charge in [0.15, 0.2) is 0 Å². The van der Waals surface area contributed by atoms with Crippen molar-refractivity contribution in [3.05, 3.63) is 47.8 Å². The van der Waals surface area contributed by atoms with Gasteiger partial charge in [0.25, 0.3) is 0 Å². The van der Waals surface area contributed by atoms with E-state index in [4.69, 9.17) is 57.8 Å². The summed E-state index contributed by atoms with van der Waals surface area (Å²) >= 11 is 0. The predicted molar refractivity (Wildman–Crippen MR) is 340 cm³/mol. The molecule has 6 aliphatic heterocycles. The van der Waals surface area contributed by atoms with Crippen molar-refractivity contribution in [2.24, 2.45) is 58.2 Å². The van der Waals surface area contributed by atoms with E-state index in [1.807, 2.05) is 50.2 Å². The van der Waals surface area contributed by atoms with Crippen LogP contribution in [0.1, 0.15) is 168 Å². The minimum absolute atomic E-state index is 0. The summed E-state index contributed by atoms with van der Waals surface area (Å²) < 4.78 is 47.9. The number of benzene rings is 2. The van der Waals surface area contributed by atoms with Crippen LogP contribution in [0.4, 0.5) is 0 Å². The van der Waals surface area contributed by atoms with Crippen molar-refractivity contribution in [3.8, 4) is 23.3 Å². The fourth-order valence-electron chi connectivity index (χ4n) is 16.9. The molecule has 22 heteroatoms.